The lowest BCUT2D eigenvalue weighted by Crippen LogP contribution is -2.38. The molecular weight excluding hydrogens is 476 g/mol. The molecule has 0 bridgehead atoms. The first kappa shape index (κ1) is 23.6. The van der Waals surface area contributed by atoms with E-state index in [2.05, 4.69) is 15.6 Å². The van der Waals surface area contributed by atoms with Gasteiger partial charge in [0.05, 0.1) is 6.54 Å². The third-order valence-corrected chi connectivity index (χ3v) is 5.04. The van der Waals surface area contributed by atoms with Gasteiger partial charge in [-0.25, -0.2) is 4.39 Å². The van der Waals surface area contributed by atoms with Crippen molar-refractivity contribution in [2.45, 2.75) is 19.1 Å². The number of nitrogens with one attached hydrogen (secondary N) is 2. The topological polar surface area (TPSA) is 53.5 Å². The second-order valence-corrected chi connectivity index (χ2v) is 7.38. The van der Waals surface area contributed by atoms with Crippen LogP contribution in [0.5, 0.6) is 0 Å². The normalized spacial score (nSPS) is 12.1. The second-order valence-electron chi connectivity index (χ2n) is 5.80. The molecular formula is C20H27FIN3OS. The van der Waals surface area contributed by atoms with Crippen LogP contribution in [-0.2, 0) is 23.0 Å². The maximum atomic E-state index is 13.6. The zero-order valence-corrected chi connectivity index (χ0v) is 18.6. The van der Waals surface area contributed by atoms with Crippen molar-refractivity contribution >= 4 is 40.7 Å². The van der Waals surface area contributed by atoms with Crippen LogP contribution in [0, 0.1) is 5.82 Å². The first-order valence-corrected chi connectivity index (χ1v) is 10.3. The molecule has 0 fully saturated rings. The van der Waals surface area contributed by atoms with Crippen molar-refractivity contribution in [1.29, 1.82) is 0 Å². The van der Waals surface area contributed by atoms with E-state index in [0.717, 1.165) is 12.1 Å². The molecule has 0 aliphatic heterocycles. The molecule has 0 aliphatic carbocycles. The van der Waals surface area contributed by atoms with Gasteiger partial charge in [0.2, 0.25) is 0 Å². The predicted molar refractivity (Wildman–Crippen MR) is 123 cm³/mol. The largest absolute Gasteiger partial charge is 0.357 e. The van der Waals surface area contributed by atoms with Crippen LogP contribution >= 0.6 is 24.0 Å². The average Bonchev–Trinajstić information content (AvgIpc) is 2.64. The second kappa shape index (κ2) is 13.7. The van der Waals surface area contributed by atoms with Crippen LogP contribution in [0.3, 0.4) is 0 Å². The van der Waals surface area contributed by atoms with Gasteiger partial charge in [0.25, 0.3) is 0 Å². The van der Waals surface area contributed by atoms with Crippen LogP contribution in [0.2, 0.25) is 0 Å². The van der Waals surface area contributed by atoms with Crippen LogP contribution < -0.4 is 10.6 Å². The molecule has 1 unspecified atom stereocenters. The summed E-state index contributed by atoms with van der Waals surface area (Å²) in [5.41, 5.74) is 1.75. The number of hydrogen-bond acceptors (Lipinski definition) is 2. The molecule has 4 nitrogen and oxygen atoms in total. The van der Waals surface area contributed by atoms with Crippen molar-refractivity contribution < 1.29 is 8.60 Å². The van der Waals surface area contributed by atoms with E-state index < -0.39 is 10.8 Å². The monoisotopic (exact) mass is 503 g/mol. The Morgan fingerprint density at radius 1 is 1.07 bits per heavy atom. The highest BCUT2D eigenvalue weighted by molar-refractivity contribution is 14.0. The van der Waals surface area contributed by atoms with Gasteiger partial charge in [-0.1, -0.05) is 48.5 Å². The third kappa shape index (κ3) is 9.32. The summed E-state index contributed by atoms with van der Waals surface area (Å²) >= 11 is 0. The zero-order valence-electron chi connectivity index (χ0n) is 15.5. The zero-order chi connectivity index (χ0) is 18.6. The molecule has 2 rings (SSSR count). The Kier molecular flexibility index (Phi) is 11.9. The predicted octanol–water partition coefficient (Wildman–Crippen LogP) is 3.49. The molecule has 0 saturated heterocycles. The maximum Gasteiger partial charge on any atom is 0.191 e. The van der Waals surface area contributed by atoms with Crippen molar-refractivity contribution in [2.24, 2.45) is 4.99 Å². The third-order valence-electron chi connectivity index (χ3n) is 3.75. The van der Waals surface area contributed by atoms with Gasteiger partial charge in [-0.15, -0.1) is 24.0 Å². The Labute approximate surface area is 180 Å². The summed E-state index contributed by atoms with van der Waals surface area (Å²) in [6.45, 7) is 3.79. The summed E-state index contributed by atoms with van der Waals surface area (Å²) in [6.07, 6.45) is 0.580. The first-order chi connectivity index (χ1) is 12.7. The van der Waals surface area contributed by atoms with E-state index in [-0.39, 0.29) is 29.8 Å². The van der Waals surface area contributed by atoms with Crippen LogP contribution in [0.1, 0.15) is 18.1 Å². The first-order valence-electron chi connectivity index (χ1n) is 8.83. The Morgan fingerprint density at radius 2 is 1.78 bits per heavy atom. The SMILES string of the molecule is CCNC(=NCCS(=O)Cc1ccccc1)NCCc1ccccc1F.I. The Bertz CT molecular complexity index is 728. The summed E-state index contributed by atoms with van der Waals surface area (Å²) in [7, 11) is -0.942. The maximum absolute atomic E-state index is 13.6. The van der Waals surface area contributed by atoms with E-state index in [1.807, 2.05) is 43.3 Å². The number of guanidine groups is 1. The minimum absolute atomic E-state index is 0. The standard InChI is InChI=1S/C20H26FN3OS.HI/c1-2-22-20(23-13-12-18-10-6-7-11-19(18)21)24-14-15-26(25)16-17-8-4-3-5-9-17;/h3-11H,2,12-16H2,1H3,(H2,22,23,24);1H. The van der Waals surface area contributed by atoms with Crippen LogP contribution in [-0.4, -0.2) is 35.6 Å². The van der Waals surface area contributed by atoms with Gasteiger partial charge in [0, 0.05) is 35.4 Å². The smallest absolute Gasteiger partial charge is 0.191 e. The lowest BCUT2D eigenvalue weighted by atomic mass is 10.1. The fraction of sp³-hybridized carbons (Fsp3) is 0.350. The summed E-state index contributed by atoms with van der Waals surface area (Å²) < 4.78 is 25.8. The molecule has 0 heterocycles. The Balaban J connectivity index is 0.00000364. The number of hydrogen-bond donors (Lipinski definition) is 2. The van der Waals surface area contributed by atoms with Gasteiger partial charge in [-0.2, -0.15) is 0 Å². The van der Waals surface area contributed by atoms with E-state index in [4.69, 9.17) is 0 Å². The van der Waals surface area contributed by atoms with Crippen LogP contribution in [0.25, 0.3) is 0 Å². The lowest BCUT2D eigenvalue weighted by molar-refractivity contribution is 0.607. The average molecular weight is 503 g/mol. The van der Waals surface area contributed by atoms with Crippen molar-refractivity contribution in [3.8, 4) is 0 Å². The van der Waals surface area contributed by atoms with Gasteiger partial charge in [-0.05, 0) is 30.5 Å². The summed E-state index contributed by atoms with van der Waals surface area (Å²) in [6, 6.07) is 16.6. The molecule has 148 valence electrons. The molecule has 27 heavy (non-hydrogen) atoms. The molecule has 0 radical (unpaired) electrons. The Hall–Kier alpha value is -1.48. The number of halogens is 2. The van der Waals surface area contributed by atoms with Gasteiger partial charge in [0.1, 0.15) is 5.82 Å². The van der Waals surface area contributed by atoms with E-state index in [0.29, 0.717) is 42.5 Å². The Morgan fingerprint density at radius 3 is 2.48 bits per heavy atom. The quantitative estimate of drug-likeness (QED) is 0.313. The molecule has 2 N–H and O–H groups in total. The van der Waals surface area contributed by atoms with Gasteiger partial charge >= 0.3 is 0 Å². The van der Waals surface area contributed by atoms with Crippen LogP contribution in [0.15, 0.2) is 59.6 Å². The molecule has 2 aromatic carbocycles. The van der Waals surface area contributed by atoms with Crippen molar-refractivity contribution in [3.63, 3.8) is 0 Å². The summed E-state index contributed by atoms with van der Waals surface area (Å²) in [5, 5.41) is 6.35. The number of aliphatic imine (C=N–C) groups is 1. The highest BCUT2D eigenvalue weighted by Crippen LogP contribution is 2.06. The van der Waals surface area contributed by atoms with E-state index in [1.54, 1.807) is 12.1 Å². The minimum Gasteiger partial charge on any atom is -0.357 e. The molecule has 2 aromatic rings. The van der Waals surface area contributed by atoms with Crippen molar-refractivity contribution in [1.82, 2.24) is 10.6 Å². The number of benzene rings is 2. The molecule has 0 aliphatic rings. The highest BCUT2D eigenvalue weighted by Gasteiger charge is 2.04. The van der Waals surface area contributed by atoms with E-state index >= 15 is 0 Å². The van der Waals surface area contributed by atoms with E-state index in [9.17, 15) is 8.60 Å². The molecule has 0 saturated carbocycles. The van der Waals surface area contributed by atoms with Crippen molar-refractivity contribution in [2.75, 3.05) is 25.4 Å². The van der Waals surface area contributed by atoms with Crippen LogP contribution in [0.4, 0.5) is 4.39 Å². The number of nitrogens with zero attached hydrogens (tertiary/aromatic N) is 1. The minimum atomic E-state index is -0.942. The summed E-state index contributed by atoms with van der Waals surface area (Å²) in [5.74, 6) is 1.54. The molecule has 0 spiro atoms. The molecule has 7 heteroatoms. The molecule has 0 aromatic heterocycles. The van der Waals surface area contributed by atoms with Crippen molar-refractivity contribution in [3.05, 3.63) is 71.5 Å². The summed E-state index contributed by atoms with van der Waals surface area (Å²) in [4.78, 5) is 4.46. The lowest BCUT2D eigenvalue weighted by Gasteiger charge is -2.11. The molecule has 0 amide bonds. The fourth-order valence-corrected chi connectivity index (χ4v) is 3.45. The van der Waals surface area contributed by atoms with E-state index in [1.165, 1.54) is 6.07 Å². The van der Waals surface area contributed by atoms with Gasteiger partial charge in [0.15, 0.2) is 5.96 Å². The van der Waals surface area contributed by atoms with Gasteiger partial charge in [-0.3, -0.25) is 9.20 Å². The molecule has 1 atom stereocenters. The van der Waals surface area contributed by atoms with Gasteiger partial charge < -0.3 is 10.6 Å². The fourth-order valence-electron chi connectivity index (χ4n) is 2.45. The highest BCUT2D eigenvalue weighted by atomic mass is 127. The number of rotatable bonds is 9.